The summed E-state index contributed by atoms with van der Waals surface area (Å²) in [6.07, 6.45) is 0.134. The van der Waals surface area contributed by atoms with Crippen molar-refractivity contribution in [1.29, 1.82) is 0 Å². The molecule has 0 aliphatic heterocycles. The van der Waals surface area contributed by atoms with Crippen LogP contribution in [0.4, 0.5) is 4.39 Å². The van der Waals surface area contributed by atoms with Gasteiger partial charge in [-0.1, -0.05) is 6.07 Å². The normalized spacial score (nSPS) is 13.1. The van der Waals surface area contributed by atoms with Gasteiger partial charge in [0.2, 0.25) is 0 Å². The van der Waals surface area contributed by atoms with E-state index >= 15 is 0 Å². The lowest BCUT2D eigenvalue weighted by Gasteiger charge is -2.07. The monoisotopic (exact) mass is 230 g/mol. The lowest BCUT2D eigenvalue weighted by Crippen LogP contribution is -2.11. The van der Waals surface area contributed by atoms with Crippen LogP contribution in [0.15, 0.2) is 29.2 Å². The number of halogens is 1. The quantitative estimate of drug-likeness (QED) is 0.776. The molecule has 0 amide bonds. The molecule has 1 unspecified atom stereocenters. The highest BCUT2D eigenvalue weighted by atomic mass is 32.2. The summed E-state index contributed by atoms with van der Waals surface area (Å²) in [5.74, 6) is 0.0485. The second kappa shape index (κ2) is 5.98. The topological polar surface area (TPSA) is 26.3 Å². The molecule has 0 saturated heterocycles. The molecule has 15 heavy (non-hydrogen) atoms. The fourth-order valence-corrected chi connectivity index (χ4v) is 2.04. The van der Waals surface area contributed by atoms with Crippen molar-refractivity contribution in [2.75, 3.05) is 12.4 Å². The summed E-state index contributed by atoms with van der Waals surface area (Å²) in [6, 6.07) is 5.86. The Kier molecular flexibility index (Phi) is 4.91. The van der Waals surface area contributed by atoms with Gasteiger partial charge < -0.3 is 4.74 Å². The van der Waals surface area contributed by atoms with Gasteiger partial charge in [0.15, 0.2) is 0 Å². The first-order valence-corrected chi connectivity index (χ1v) is 6.17. The predicted octanol–water partition coefficient (Wildman–Crippen LogP) is 2.36. The molecule has 0 bridgehead atoms. The van der Waals surface area contributed by atoms with Crippen molar-refractivity contribution < 1.29 is 13.3 Å². The average Bonchev–Trinajstić information content (AvgIpc) is 2.17. The molecule has 84 valence electrons. The second-order valence-electron chi connectivity index (χ2n) is 3.43. The van der Waals surface area contributed by atoms with Crippen LogP contribution in [0.3, 0.4) is 0 Å². The number of ether oxygens (including phenoxy) is 1. The van der Waals surface area contributed by atoms with E-state index < -0.39 is 10.8 Å². The third-order valence-corrected chi connectivity index (χ3v) is 3.10. The molecule has 2 nitrogen and oxygen atoms in total. The van der Waals surface area contributed by atoms with E-state index in [1.54, 1.807) is 12.1 Å². The molecular formula is C11H15FO2S. The van der Waals surface area contributed by atoms with Crippen LogP contribution in [0, 0.1) is 5.82 Å². The molecule has 0 N–H and O–H groups in total. The van der Waals surface area contributed by atoms with Crippen molar-refractivity contribution in [3.63, 3.8) is 0 Å². The van der Waals surface area contributed by atoms with Gasteiger partial charge in [0.05, 0.1) is 29.3 Å². The zero-order valence-corrected chi connectivity index (χ0v) is 9.72. The third-order valence-electron chi connectivity index (χ3n) is 1.78. The van der Waals surface area contributed by atoms with Gasteiger partial charge in [-0.2, -0.15) is 0 Å². The van der Waals surface area contributed by atoms with Crippen LogP contribution in [0.1, 0.15) is 13.8 Å². The van der Waals surface area contributed by atoms with Gasteiger partial charge in [0, 0.05) is 4.90 Å². The van der Waals surface area contributed by atoms with Gasteiger partial charge in [-0.3, -0.25) is 4.21 Å². The number of benzene rings is 1. The largest absolute Gasteiger partial charge is 0.378 e. The number of hydrogen-bond donors (Lipinski definition) is 0. The van der Waals surface area contributed by atoms with Gasteiger partial charge in [-0.25, -0.2) is 4.39 Å². The van der Waals surface area contributed by atoms with E-state index in [1.807, 2.05) is 13.8 Å². The Morgan fingerprint density at radius 3 is 2.80 bits per heavy atom. The van der Waals surface area contributed by atoms with E-state index in [1.165, 1.54) is 12.1 Å². The van der Waals surface area contributed by atoms with Crippen LogP contribution in [-0.4, -0.2) is 22.7 Å². The summed E-state index contributed by atoms with van der Waals surface area (Å²) in [6.45, 7) is 4.27. The van der Waals surface area contributed by atoms with Crippen molar-refractivity contribution >= 4 is 10.8 Å². The van der Waals surface area contributed by atoms with Crippen LogP contribution in [0.5, 0.6) is 0 Å². The van der Waals surface area contributed by atoms with Crippen molar-refractivity contribution in [3.8, 4) is 0 Å². The minimum atomic E-state index is -1.18. The van der Waals surface area contributed by atoms with Crippen LogP contribution in [0.2, 0.25) is 0 Å². The van der Waals surface area contributed by atoms with Gasteiger partial charge in [-0.05, 0) is 32.0 Å². The fraction of sp³-hybridized carbons (Fsp3) is 0.455. The highest BCUT2D eigenvalue weighted by molar-refractivity contribution is 7.85. The Morgan fingerprint density at radius 2 is 2.20 bits per heavy atom. The van der Waals surface area contributed by atoms with Crippen LogP contribution in [-0.2, 0) is 15.5 Å². The molecule has 0 radical (unpaired) electrons. The molecule has 0 saturated carbocycles. The summed E-state index contributed by atoms with van der Waals surface area (Å²) >= 11 is 0. The molecule has 1 rings (SSSR count). The minimum absolute atomic E-state index is 0.134. The van der Waals surface area contributed by atoms with Crippen LogP contribution in [0.25, 0.3) is 0 Å². The highest BCUT2D eigenvalue weighted by Crippen LogP contribution is 2.08. The molecule has 0 aliphatic rings. The van der Waals surface area contributed by atoms with E-state index in [2.05, 4.69) is 0 Å². The Morgan fingerprint density at radius 1 is 1.47 bits per heavy atom. The SMILES string of the molecule is CC(C)OCCS(=O)c1cccc(F)c1. The minimum Gasteiger partial charge on any atom is -0.378 e. The van der Waals surface area contributed by atoms with Crippen molar-refractivity contribution in [1.82, 2.24) is 0 Å². The van der Waals surface area contributed by atoms with Gasteiger partial charge >= 0.3 is 0 Å². The smallest absolute Gasteiger partial charge is 0.124 e. The molecule has 0 fully saturated rings. The Bertz CT molecular complexity index is 339. The van der Waals surface area contributed by atoms with Crippen molar-refractivity contribution in [2.24, 2.45) is 0 Å². The molecule has 0 aromatic heterocycles. The summed E-state index contributed by atoms with van der Waals surface area (Å²) in [7, 11) is -1.18. The van der Waals surface area contributed by atoms with E-state index in [4.69, 9.17) is 4.74 Å². The Labute approximate surface area is 91.9 Å². The maximum absolute atomic E-state index is 12.8. The number of hydrogen-bond acceptors (Lipinski definition) is 2. The first-order valence-electron chi connectivity index (χ1n) is 4.85. The Balaban J connectivity index is 2.47. The lowest BCUT2D eigenvalue weighted by molar-refractivity contribution is 0.0916. The summed E-state index contributed by atoms with van der Waals surface area (Å²) in [5.41, 5.74) is 0. The lowest BCUT2D eigenvalue weighted by atomic mass is 10.4. The molecule has 1 atom stereocenters. The van der Waals surface area contributed by atoms with Gasteiger partial charge in [-0.15, -0.1) is 0 Å². The van der Waals surface area contributed by atoms with E-state index in [-0.39, 0.29) is 11.9 Å². The zero-order chi connectivity index (χ0) is 11.3. The molecule has 1 aromatic rings. The van der Waals surface area contributed by atoms with Crippen molar-refractivity contribution in [2.45, 2.75) is 24.8 Å². The second-order valence-corrected chi connectivity index (χ2v) is 5.00. The van der Waals surface area contributed by atoms with Gasteiger partial charge in [0.1, 0.15) is 5.82 Å². The highest BCUT2D eigenvalue weighted by Gasteiger charge is 2.05. The zero-order valence-electron chi connectivity index (χ0n) is 8.90. The molecule has 1 aromatic carbocycles. The Hall–Kier alpha value is -0.740. The first kappa shape index (κ1) is 12.3. The summed E-state index contributed by atoms with van der Waals surface area (Å²) in [5, 5.41) is 0. The summed E-state index contributed by atoms with van der Waals surface area (Å²) in [4.78, 5) is 0.516. The molecule has 0 aliphatic carbocycles. The molecular weight excluding hydrogens is 215 g/mol. The average molecular weight is 230 g/mol. The first-order chi connectivity index (χ1) is 7.09. The van der Waals surface area contributed by atoms with E-state index in [0.29, 0.717) is 17.3 Å². The third kappa shape index (κ3) is 4.53. The summed E-state index contributed by atoms with van der Waals surface area (Å²) < 4.78 is 29.7. The van der Waals surface area contributed by atoms with Crippen LogP contribution < -0.4 is 0 Å². The van der Waals surface area contributed by atoms with Crippen molar-refractivity contribution in [3.05, 3.63) is 30.1 Å². The molecule has 0 spiro atoms. The maximum atomic E-state index is 12.8. The fourth-order valence-electron chi connectivity index (χ4n) is 1.09. The predicted molar refractivity (Wildman–Crippen MR) is 58.8 cm³/mol. The van der Waals surface area contributed by atoms with E-state index in [0.717, 1.165) is 0 Å². The maximum Gasteiger partial charge on any atom is 0.124 e. The number of rotatable bonds is 5. The van der Waals surface area contributed by atoms with Gasteiger partial charge in [0.25, 0.3) is 0 Å². The van der Waals surface area contributed by atoms with E-state index in [9.17, 15) is 8.60 Å². The van der Waals surface area contributed by atoms with Crippen LogP contribution >= 0.6 is 0 Å². The molecule has 0 heterocycles. The molecule has 4 heteroatoms. The standard InChI is InChI=1S/C11H15FO2S/c1-9(2)14-6-7-15(13)11-5-3-4-10(12)8-11/h3-5,8-9H,6-7H2,1-2H3.